The van der Waals surface area contributed by atoms with Crippen LogP contribution in [0.1, 0.15) is 42.2 Å². The van der Waals surface area contributed by atoms with Crippen LogP contribution in [-0.4, -0.2) is 76.5 Å². The molecule has 37 heavy (non-hydrogen) atoms. The maximum Gasteiger partial charge on any atom is 0.194 e. The van der Waals surface area contributed by atoms with E-state index < -0.39 is 64.7 Å². The molecule has 0 spiro atoms. The Labute approximate surface area is 214 Å². The molecule has 6 atom stereocenters. The number of thioether (sulfide) groups is 1. The predicted molar refractivity (Wildman–Crippen MR) is 125 cm³/mol. The second-order valence-corrected chi connectivity index (χ2v) is 10.7. The van der Waals surface area contributed by atoms with Gasteiger partial charge in [-0.2, -0.15) is 0 Å². The number of ether oxygens (including phenoxy) is 1. The number of aromatic nitrogens is 4. The van der Waals surface area contributed by atoms with Gasteiger partial charge >= 0.3 is 0 Å². The first-order valence-electron chi connectivity index (χ1n) is 11.3. The van der Waals surface area contributed by atoms with Gasteiger partial charge in [-0.15, -0.1) is 16.9 Å². The van der Waals surface area contributed by atoms with E-state index in [1.165, 1.54) is 6.20 Å². The minimum atomic E-state index is -1.63. The third-order valence-electron chi connectivity index (χ3n) is 6.21. The summed E-state index contributed by atoms with van der Waals surface area (Å²) >= 11 is 1.05. The standard InChI is InChI=1S/C23H27F3N4O6S/c1-9-16(10(2)36-28-9)21(23(3,4)34)37-22-20(33)18(19(32)15(8-31)35-22)30-7-14(27-29-30)11-5-12(24)17(26)13(25)6-11/h5-7,15,18-22,31-34H,8H2,1-4H3/t15-,18+,19+,20-,21-,22+/m1/s1. The summed E-state index contributed by atoms with van der Waals surface area (Å²) in [7, 11) is 0. The normalized spacial score (nSPS) is 25.4. The molecule has 202 valence electrons. The molecule has 1 fully saturated rings. The van der Waals surface area contributed by atoms with Crippen LogP contribution in [0, 0.1) is 31.3 Å². The fourth-order valence-corrected chi connectivity index (χ4v) is 5.94. The second-order valence-electron chi connectivity index (χ2n) is 9.44. The van der Waals surface area contributed by atoms with Crippen molar-refractivity contribution < 1.29 is 42.9 Å². The summed E-state index contributed by atoms with van der Waals surface area (Å²) in [6.07, 6.45) is -2.81. The Kier molecular flexibility index (Phi) is 7.70. The van der Waals surface area contributed by atoms with E-state index in [4.69, 9.17) is 9.26 Å². The van der Waals surface area contributed by atoms with E-state index in [1.807, 2.05) is 0 Å². The second kappa shape index (κ2) is 10.3. The van der Waals surface area contributed by atoms with E-state index in [1.54, 1.807) is 27.7 Å². The van der Waals surface area contributed by atoms with Gasteiger partial charge in [0.1, 0.15) is 41.2 Å². The molecular weight excluding hydrogens is 517 g/mol. The van der Waals surface area contributed by atoms with Crippen molar-refractivity contribution in [1.82, 2.24) is 20.2 Å². The van der Waals surface area contributed by atoms with Gasteiger partial charge in [0.25, 0.3) is 0 Å². The Balaban J connectivity index is 1.67. The lowest BCUT2D eigenvalue weighted by Crippen LogP contribution is -2.55. The Hall–Kier alpha value is -2.49. The van der Waals surface area contributed by atoms with Crippen LogP contribution in [0.3, 0.4) is 0 Å². The highest BCUT2D eigenvalue weighted by Crippen LogP contribution is 2.47. The smallest absolute Gasteiger partial charge is 0.194 e. The Morgan fingerprint density at radius 1 is 1.14 bits per heavy atom. The number of aliphatic hydroxyl groups excluding tert-OH is 3. The van der Waals surface area contributed by atoms with E-state index >= 15 is 0 Å². The number of hydrogen-bond acceptors (Lipinski definition) is 10. The molecule has 4 N–H and O–H groups in total. The molecule has 3 heterocycles. The summed E-state index contributed by atoms with van der Waals surface area (Å²) in [5.74, 6) is -3.98. The Morgan fingerprint density at radius 2 is 1.78 bits per heavy atom. The first-order valence-corrected chi connectivity index (χ1v) is 12.3. The number of hydrogen-bond donors (Lipinski definition) is 4. The van der Waals surface area contributed by atoms with Gasteiger partial charge < -0.3 is 29.7 Å². The van der Waals surface area contributed by atoms with Crippen molar-refractivity contribution in [2.24, 2.45) is 0 Å². The largest absolute Gasteiger partial charge is 0.394 e. The van der Waals surface area contributed by atoms with Crippen LogP contribution >= 0.6 is 11.8 Å². The van der Waals surface area contributed by atoms with E-state index in [0.717, 1.165) is 28.6 Å². The number of nitrogens with zero attached hydrogens (tertiary/aromatic N) is 4. The first-order chi connectivity index (χ1) is 17.3. The molecule has 0 amide bonds. The van der Waals surface area contributed by atoms with Crippen molar-refractivity contribution in [2.75, 3.05) is 6.61 Å². The zero-order valence-electron chi connectivity index (χ0n) is 20.3. The summed E-state index contributed by atoms with van der Waals surface area (Å²) in [5, 5.41) is 53.9. The maximum atomic E-state index is 13.7. The van der Waals surface area contributed by atoms with Gasteiger partial charge in [-0.1, -0.05) is 10.4 Å². The average molecular weight is 545 g/mol. The highest BCUT2D eigenvalue weighted by atomic mass is 32.2. The molecule has 0 saturated carbocycles. The highest BCUT2D eigenvalue weighted by Gasteiger charge is 2.48. The van der Waals surface area contributed by atoms with Crippen molar-refractivity contribution in [2.45, 2.75) is 68.3 Å². The van der Waals surface area contributed by atoms with Crippen molar-refractivity contribution in [3.05, 3.63) is 52.8 Å². The van der Waals surface area contributed by atoms with Gasteiger partial charge in [0.2, 0.25) is 0 Å². The van der Waals surface area contributed by atoms with Crippen LogP contribution in [0.25, 0.3) is 11.3 Å². The third kappa shape index (κ3) is 5.26. The fourth-order valence-electron chi connectivity index (χ4n) is 4.34. The summed E-state index contributed by atoms with van der Waals surface area (Å²) in [5.41, 5.74) is -1.41. The molecule has 0 radical (unpaired) electrons. The third-order valence-corrected chi connectivity index (χ3v) is 7.95. The lowest BCUT2D eigenvalue weighted by molar-refractivity contribution is -0.179. The van der Waals surface area contributed by atoms with E-state index in [-0.39, 0.29) is 11.3 Å². The molecule has 10 nitrogen and oxygen atoms in total. The topological polar surface area (TPSA) is 147 Å². The highest BCUT2D eigenvalue weighted by molar-refractivity contribution is 8.00. The number of aliphatic hydroxyl groups is 4. The lowest BCUT2D eigenvalue weighted by atomic mass is 9.96. The quantitative estimate of drug-likeness (QED) is 0.327. The van der Waals surface area contributed by atoms with E-state index in [0.29, 0.717) is 17.0 Å². The van der Waals surface area contributed by atoms with Crippen LogP contribution in [0.2, 0.25) is 0 Å². The maximum absolute atomic E-state index is 13.7. The molecule has 0 aliphatic carbocycles. The first kappa shape index (κ1) is 27.5. The van der Waals surface area contributed by atoms with Gasteiger partial charge in [-0.25, -0.2) is 17.9 Å². The molecule has 3 aromatic rings. The summed E-state index contributed by atoms with van der Waals surface area (Å²) < 4.78 is 53.0. The van der Waals surface area contributed by atoms with Crippen molar-refractivity contribution in [3.8, 4) is 11.3 Å². The number of halogens is 3. The molecule has 1 aromatic carbocycles. The molecular formula is C23H27F3N4O6S. The van der Waals surface area contributed by atoms with Crippen molar-refractivity contribution in [1.29, 1.82) is 0 Å². The average Bonchev–Trinajstić information content (AvgIpc) is 3.43. The summed E-state index contributed by atoms with van der Waals surface area (Å²) in [6, 6.07) is 0.291. The van der Waals surface area contributed by atoms with Gasteiger partial charge in [-0.05, 0) is 39.8 Å². The van der Waals surface area contributed by atoms with Crippen LogP contribution in [0.4, 0.5) is 13.2 Å². The molecule has 1 aliphatic rings. The predicted octanol–water partition coefficient (Wildman–Crippen LogP) is 2.19. The molecule has 14 heteroatoms. The van der Waals surface area contributed by atoms with Crippen LogP contribution in [0.5, 0.6) is 0 Å². The number of aryl methyl sites for hydroxylation is 2. The SMILES string of the molecule is Cc1noc(C)c1[C@@H](S[C@@H]1O[C@H](CO)[C@H](O)[C@H](n2cc(-c3cc(F)c(F)c(F)c3)nn2)[C@H]1O)C(C)(C)O. The fraction of sp³-hybridized carbons (Fsp3) is 0.522. The Morgan fingerprint density at radius 3 is 2.32 bits per heavy atom. The minimum Gasteiger partial charge on any atom is -0.394 e. The zero-order chi connectivity index (χ0) is 27.2. The van der Waals surface area contributed by atoms with Gasteiger partial charge in [-0.3, -0.25) is 0 Å². The molecule has 1 saturated heterocycles. The Bertz CT molecular complexity index is 1220. The van der Waals surface area contributed by atoms with Crippen LogP contribution in [-0.2, 0) is 4.74 Å². The van der Waals surface area contributed by atoms with Crippen molar-refractivity contribution in [3.63, 3.8) is 0 Å². The van der Waals surface area contributed by atoms with Gasteiger partial charge in [0.15, 0.2) is 17.5 Å². The van der Waals surface area contributed by atoms with E-state index in [9.17, 15) is 33.6 Å². The lowest BCUT2D eigenvalue weighted by Gasteiger charge is -2.43. The monoisotopic (exact) mass is 544 g/mol. The van der Waals surface area contributed by atoms with E-state index in [2.05, 4.69) is 15.5 Å². The summed E-state index contributed by atoms with van der Waals surface area (Å²) in [4.78, 5) is 0. The van der Waals surface area contributed by atoms with Crippen LogP contribution in [0.15, 0.2) is 22.9 Å². The molecule has 1 aliphatic heterocycles. The van der Waals surface area contributed by atoms with Gasteiger partial charge in [0, 0.05) is 11.1 Å². The molecule has 4 rings (SSSR count). The molecule has 0 bridgehead atoms. The molecule has 0 unspecified atom stereocenters. The molecule has 2 aromatic heterocycles. The number of benzene rings is 1. The summed E-state index contributed by atoms with van der Waals surface area (Å²) in [6.45, 7) is 5.95. The number of rotatable bonds is 7. The zero-order valence-corrected chi connectivity index (χ0v) is 21.2. The van der Waals surface area contributed by atoms with Gasteiger partial charge in [0.05, 0.1) is 29.3 Å². The van der Waals surface area contributed by atoms with Crippen LogP contribution < -0.4 is 0 Å². The minimum absolute atomic E-state index is 0.0430. The van der Waals surface area contributed by atoms with Crippen molar-refractivity contribution >= 4 is 11.8 Å².